The number of carbonyl (C=O) groups excluding carboxylic acids is 2. The van der Waals surface area contributed by atoms with Gasteiger partial charge in [-0.05, 0) is 25.5 Å². The van der Waals surface area contributed by atoms with Gasteiger partial charge in [0.2, 0.25) is 0 Å². The number of esters is 1. The standard InChI is InChI=1S/C16H18N2O4/c1-3-4-9-21-16(20)12-7-5-6-8-13(12)18-14(19)15-17-10-11(2)22-15/h5-8,10H,3-4,9H2,1-2H3,(H,18,19). The van der Waals surface area contributed by atoms with E-state index in [-0.39, 0.29) is 5.89 Å². The van der Waals surface area contributed by atoms with E-state index >= 15 is 0 Å². The minimum Gasteiger partial charge on any atom is -0.462 e. The zero-order valence-corrected chi connectivity index (χ0v) is 12.6. The van der Waals surface area contributed by atoms with E-state index in [9.17, 15) is 9.59 Å². The van der Waals surface area contributed by atoms with E-state index in [1.54, 1.807) is 31.2 Å². The number of hydrogen-bond acceptors (Lipinski definition) is 5. The van der Waals surface area contributed by atoms with E-state index in [1.165, 1.54) is 6.20 Å². The van der Waals surface area contributed by atoms with E-state index < -0.39 is 11.9 Å². The Balaban J connectivity index is 2.11. The summed E-state index contributed by atoms with van der Waals surface area (Å²) in [6.07, 6.45) is 3.20. The fraction of sp³-hybridized carbons (Fsp3) is 0.312. The molecule has 0 unspecified atom stereocenters. The maximum atomic E-state index is 12.0. The molecular formula is C16H18N2O4. The smallest absolute Gasteiger partial charge is 0.340 e. The molecule has 116 valence electrons. The first-order valence-electron chi connectivity index (χ1n) is 7.11. The van der Waals surface area contributed by atoms with Gasteiger partial charge in [-0.1, -0.05) is 25.5 Å². The van der Waals surface area contributed by atoms with Crippen molar-refractivity contribution in [3.8, 4) is 0 Å². The lowest BCUT2D eigenvalue weighted by molar-refractivity contribution is 0.0501. The number of amides is 1. The van der Waals surface area contributed by atoms with Crippen molar-refractivity contribution >= 4 is 17.6 Å². The lowest BCUT2D eigenvalue weighted by atomic mass is 10.2. The number of rotatable bonds is 6. The van der Waals surface area contributed by atoms with Crippen LogP contribution in [0.1, 0.15) is 46.6 Å². The Morgan fingerprint density at radius 1 is 1.32 bits per heavy atom. The summed E-state index contributed by atoms with van der Waals surface area (Å²) in [7, 11) is 0. The Morgan fingerprint density at radius 2 is 2.09 bits per heavy atom. The summed E-state index contributed by atoms with van der Waals surface area (Å²) in [5, 5.41) is 2.62. The SMILES string of the molecule is CCCCOC(=O)c1ccccc1NC(=O)c1ncc(C)o1. The average molecular weight is 302 g/mol. The first-order valence-corrected chi connectivity index (χ1v) is 7.11. The molecule has 22 heavy (non-hydrogen) atoms. The number of ether oxygens (including phenoxy) is 1. The third kappa shape index (κ3) is 3.94. The maximum absolute atomic E-state index is 12.0. The van der Waals surface area contributed by atoms with Crippen LogP contribution in [-0.4, -0.2) is 23.5 Å². The molecule has 0 fully saturated rings. The zero-order valence-electron chi connectivity index (χ0n) is 12.6. The van der Waals surface area contributed by atoms with Gasteiger partial charge in [0, 0.05) is 0 Å². The zero-order chi connectivity index (χ0) is 15.9. The fourth-order valence-electron chi connectivity index (χ4n) is 1.79. The van der Waals surface area contributed by atoms with Crippen LogP contribution in [0.2, 0.25) is 0 Å². The van der Waals surface area contributed by atoms with Gasteiger partial charge in [0.25, 0.3) is 5.89 Å². The lowest BCUT2D eigenvalue weighted by Gasteiger charge is -2.09. The van der Waals surface area contributed by atoms with Crippen LogP contribution in [0, 0.1) is 6.92 Å². The minimum absolute atomic E-state index is 0.0494. The van der Waals surface area contributed by atoms with Crippen LogP contribution in [0.5, 0.6) is 0 Å². The van der Waals surface area contributed by atoms with Gasteiger partial charge >= 0.3 is 11.9 Å². The predicted octanol–water partition coefficient (Wildman–Crippen LogP) is 3.19. The molecule has 0 aliphatic heterocycles. The highest BCUT2D eigenvalue weighted by Crippen LogP contribution is 2.17. The van der Waals surface area contributed by atoms with Crippen LogP contribution in [0.15, 0.2) is 34.9 Å². The molecule has 6 nitrogen and oxygen atoms in total. The highest BCUT2D eigenvalue weighted by Gasteiger charge is 2.17. The molecule has 0 bridgehead atoms. The van der Waals surface area contributed by atoms with Crippen molar-refractivity contribution in [1.82, 2.24) is 4.98 Å². The molecule has 0 radical (unpaired) electrons. The first kappa shape index (κ1) is 15.8. The molecular weight excluding hydrogens is 284 g/mol. The summed E-state index contributed by atoms with van der Waals surface area (Å²) in [5.41, 5.74) is 0.667. The van der Waals surface area contributed by atoms with Crippen LogP contribution < -0.4 is 5.32 Å². The predicted molar refractivity (Wildman–Crippen MR) is 80.8 cm³/mol. The molecule has 1 aromatic heterocycles. The number of anilines is 1. The van der Waals surface area contributed by atoms with Crippen molar-refractivity contribution in [2.45, 2.75) is 26.7 Å². The molecule has 0 aliphatic carbocycles. The lowest BCUT2D eigenvalue weighted by Crippen LogP contribution is -2.16. The molecule has 1 amide bonds. The minimum atomic E-state index is -0.512. The molecule has 0 saturated heterocycles. The van der Waals surface area contributed by atoms with Gasteiger partial charge in [0.05, 0.1) is 24.1 Å². The molecule has 6 heteroatoms. The van der Waals surface area contributed by atoms with Crippen molar-refractivity contribution in [2.75, 3.05) is 11.9 Å². The number of carbonyl (C=O) groups is 2. The number of benzene rings is 1. The van der Waals surface area contributed by atoms with Gasteiger partial charge in [-0.15, -0.1) is 0 Å². The van der Waals surface area contributed by atoms with E-state index in [0.29, 0.717) is 23.6 Å². The molecule has 0 spiro atoms. The molecule has 0 atom stereocenters. The van der Waals surface area contributed by atoms with Crippen molar-refractivity contribution in [3.63, 3.8) is 0 Å². The number of para-hydroxylation sites is 1. The summed E-state index contributed by atoms with van der Waals surface area (Å²) in [6.45, 7) is 4.07. The molecule has 2 aromatic rings. The van der Waals surface area contributed by atoms with Gasteiger partial charge < -0.3 is 14.5 Å². The second-order valence-corrected chi connectivity index (χ2v) is 4.77. The Bertz CT molecular complexity index is 664. The average Bonchev–Trinajstić information content (AvgIpc) is 2.94. The van der Waals surface area contributed by atoms with E-state index in [4.69, 9.17) is 9.15 Å². The van der Waals surface area contributed by atoms with Crippen molar-refractivity contribution in [3.05, 3.63) is 47.7 Å². The molecule has 0 aliphatic rings. The third-order valence-electron chi connectivity index (χ3n) is 2.94. The number of nitrogens with zero attached hydrogens (tertiary/aromatic N) is 1. The number of unbranched alkanes of at least 4 members (excludes halogenated alkanes) is 1. The third-order valence-corrected chi connectivity index (χ3v) is 2.94. The van der Waals surface area contributed by atoms with Gasteiger partial charge in [-0.25, -0.2) is 9.78 Å². The second-order valence-electron chi connectivity index (χ2n) is 4.77. The molecule has 1 heterocycles. The quantitative estimate of drug-likeness (QED) is 0.654. The van der Waals surface area contributed by atoms with Crippen molar-refractivity contribution < 1.29 is 18.7 Å². The van der Waals surface area contributed by atoms with Gasteiger partial charge in [-0.3, -0.25) is 4.79 Å². The summed E-state index contributed by atoms with van der Waals surface area (Å²) < 4.78 is 10.3. The summed E-state index contributed by atoms with van der Waals surface area (Å²) in [5.74, 6) is -0.487. The topological polar surface area (TPSA) is 81.4 Å². The number of oxazole rings is 1. The van der Waals surface area contributed by atoms with Gasteiger partial charge in [0.1, 0.15) is 5.76 Å². The number of hydrogen-bond donors (Lipinski definition) is 1. The Labute approximate surface area is 128 Å². The van der Waals surface area contributed by atoms with Gasteiger partial charge in [-0.2, -0.15) is 0 Å². The Hall–Kier alpha value is -2.63. The summed E-state index contributed by atoms with van der Waals surface area (Å²) >= 11 is 0. The van der Waals surface area contributed by atoms with Crippen LogP contribution in [0.4, 0.5) is 5.69 Å². The van der Waals surface area contributed by atoms with Gasteiger partial charge in [0.15, 0.2) is 0 Å². The van der Waals surface area contributed by atoms with E-state index in [2.05, 4.69) is 10.3 Å². The first-order chi connectivity index (χ1) is 10.6. The van der Waals surface area contributed by atoms with Crippen LogP contribution >= 0.6 is 0 Å². The fourth-order valence-corrected chi connectivity index (χ4v) is 1.79. The normalized spacial score (nSPS) is 10.3. The largest absolute Gasteiger partial charge is 0.462 e. The maximum Gasteiger partial charge on any atom is 0.340 e. The van der Waals surface area contributed by atoms with Crippen LogP contribution in [0.3, 0.4) is 0 Å². The number of aryl methyl sites for hydroxylation is 1. The molecule has 1 N–H and O–H groups in total. The molecule has 0 saturated carbocycles. The highest BCUT2D eigenvalue weighted by atomic mass is 16.5. The van der Waals surface area contributed by atoms with Crippen LogP contribution in [0.25, 0.3) is 0 Å². The molecule has 2 rings (SSSR count). The molecule has 1 aromatic carbocycles. The Morgan fingerprint density at radius 3 is 2.77 bits per heavy atom. The van der Waals surface area contributed by atoms with Crippen LogP contribution in [-0.2, 0) is 4.74 Å². The van der Waals surface area contributed by atoms with Crippen molar-refractivity contribution in [2.24, 2.45) is 0 Å². The summed E-state index contributed by atoms with van der Waals surface area (Å²) in [4.78, 5) is 27.9. The second kappa shape index (κ2) is 7.40. The highest BCUT2D eigenvalue weighted by molar-refractivity contribution is 6.05. The van der Waals surface area contributed by atoms with Crippen molar-refractivity contribution in [1.29, 1.82) is 0 Å². The number of nitrogens with one attached hydrogen (secondary N) is 1. The monoisotopic (exact) mass is 302 g/mol. The Kier molecular flexibility index (Phi) is 5.30. The number of aromatic nitrogens is 1. The summed E-state index contributed by atoms with van der Waals surface area (Å²) in [6, 6.07) is 6.66. The van der Waals surface area contributed by atoms with E-state index in [0.717, 1.165) is 12.8 Å². The van der Waals surface area contributed by atoms with E-state index in [1.807, 2.05) is 6.92 Å².